The largest absolute Gasteiger partial charge is 0.367 e. The summed E-state index contributed by atoms with van der Waals surface area (Å²) in [5.41, 5.74) is 1.40. The third-order valence-corrected chi connectivity index (χ3v) is 4.13. The molecule has 0 spiro atoms. The van der Waals surface area contributed by atoms with Gasteiger partial charge in [0.25, 0.3) is 0 Å². The molecular weight excluding hydrogens is 246 g/mol. The van der Waals surface area contributed by atoms with Crippen molar-refractivity contribution >= 4 is 17.4 Å². The van der Waals surface area contributed by atoms with Gasteiger partial charge in [0, 0.05) is 18.0 Å². The zero-order valence-electron chi connectivity index (χ0n) is 11.7. The van der Waals surface area contributed by atoms with E-state index in [-0.39, 0.29) is 0 Å². The number of anilines is 1. The van der Waals surface area contributed by atoms with E-state index in [0.717, 1.165) is 23.6 Å². The molecule has 1 aliphatic carbocycles. The van der Waals surface area contributed by atoms with Crippen LogP contribution in [0.25, 0.3) is 0 Å². The second kappa shape index (κ2) is 5.04. The van der Waals surface area contributed by atoms with Crippen LogP contribution >= 0.6 is 11.6 Å². The number of nitrogens with zero attached hydrogens (tertiary/aromatic N) is 2. The second-order valence-electron chi connectivity index (χ2n) is 6.01. The highest BCUT2D eigenvalue weighted by atomic mass is 35.5. The van der Waals surface area contributed by atoms with Crippen LogP contribution in [0, 0.1) is 12.3 Å². The quantitative estimate of drug-likeness (QED) is 0.842. The fourth-order valence-electron chi connectivity index (χ4n) is 2.58. The molecule has 0 aromatic carbocycles. The van der Waals surface area contributed by atoms with Crippen LogP contribution in [0.3, 0.4) is 0 Å². The molecule has 1 heterocycles. The molecule has 0 amide bonds. The van der Waals surface area contributed by atoms with Crippen molar-refractivity contribution in [3.05, 3.63) is 16.5 Å². The molecule has 18 heavy (non-hydrogen) atoms. The van der Waals surface area contributed by atoms with Crippen molar-refractivity contribution in [3.8, 4) is 0 Å². The van der Waals surface area contributed by atoms with Crippen LogP contribution in [0.4, 0.5) is 5.82 Å². The minimum absolute atomic E-state index is 0.440. The van der Waals surface area contributed by atoms with Crippen LogP contribution in [-0.4, -0.2) is 16.0 Å². The maximum Gasteiger partial charge on any atom is 0.137 e. The van der Waals surface area contributed by atoms with Gasteiger partial charge >= 0.3 is 0 Å². The molecule has 1 aliphatic rings. The Kier molecular flexibility index (Phi) is 3.81. The molecule has 1 unspecified atom stereocenters. The van der Waals surface area contributed by atoms with Gasteiger partial charge in [0.05, 0.1) is 0 Å². The van der Waals surface area contributed by atoms with Crippen LogP contribution in [0.5, 0.6) is 0 Å². The summed E-state index contributed by atoms with van der Waals surface area (Å²) in [4.78, 5) is 8.83. The first-order valence-corrected chi connectivity index (χ1v) is 7.08. The van der Waals surface area contributed by atoms with Crippen molar-refractivity contribution in [3.63, 3.8) is 0 Å². The molecule has 0 radical (unpaired) electrons. The summed E-state index contributed by atoms with van der Waals surface area (Å²) in [5, 5.41) is 4.12. The van der Waals surface area contributed by atoms with Crippen molar-refractivity contribution in [2.45, 2.75) is 59.4 Å². The number of hydrogen-bond acceptors (Lipinski definition) is 3. The number of nitrogens with one attached hydrogen (secondary N) is 1. The molecule has 1 aromatic heterocycles. The number of aromatic nitrogens is 2. The van der Waals surface area contributed by atoms with Gasteiger partial charge in [-0.2, -0.15) is 0 Å². The number of aryl methyl sites for hydroxylation is 1. The van der Waals surface area contributed by atoms with Crippen LogP contribution in [0.1, 0.15) is 51.4 Å². The Bertz CT molecular complexity index is 443. The molecule has 100 valence electrons. The monoisotopic (exact) mass is 267 g/mol. The summed E-state index contributed by atoms with van der Waals surface area (Å²) < 4.78 is 0. The highest BCUT2D eigenvalue weighted by molar-refractivity contribution is 6.30. The molecule has 0 bridgehead atoms. The Labute approximate surface area is 114 Å². The summed E-state index contributed by atoms with van der Waals surface area (Å²) in [6.45, 7) is 8.67. The van der Waals surface area contributed by atoms with Gasteiger partial charge in [0.15, 0.2) is 0 Å². The first-order chi connectivity index (χ1) is 8.41. The highest BCUT2D eigenvalue weighted by Gasteiger charge is 2.31. The first kappa shape index (κ1) is 13.6. The molecule has 3 nitrogen and oxygen atoms in total. The van der Waals surface area contributed by atoms with Crippen LogP contribution in [-0.2, 0) is 6.42 Å². The number of rotatable bonds is 3. The zero-order valence-corrected chi connectivity index (χ0v) is 12.4. The molecule has 1 aromatic rings. The lowest BCUT2D eigenvalue weighted by atomic mass is 9.92. The topological polar surface area (TPSA) is 37.8 Å². The van der Waals surface area contributed by atoms with E-state index in [1.807, 2.05) is 13.8 Å². The maximum atomic E-state index is 6.15. The first-order valence-electron chi connectivity index (χ1n) is 6.71. The number of hydrogen-bond donors (Lipinski definition) is 1. The Hall–Kier alpha value is -0.830. The van der Waals surface area contributed by atoms with Crippen molar-refractivity contribution in [2.75, 3.05) is 5.32 Å². The summed E-state index contributed by atoms with van der Waals surface area (Å²) >= 11 is 6.15. The van der Waals surface area contributed by atoms with E-state index in [0.29, 0.717) is 16.6 Å². The van der Waals surface area contributed by atoms with Gasteiger partial charge in [0.1, 0.15) is 16.8 Å². The molecule has 0 saturated heterocycles. The minimum atomic E-state index is 0.440. The summed E-state index contributed by atoms with van der Waals surface area (Å²) in [5.74, 6) is 1.72. The lowest BCUT2D eigenvalue weighted by Crippen LogP contribution is -2.19. The summed E-state index contributed by atoms with van der Waals surface area (Å²) in [7, 11) is 0. The smallest absolute Gasteiger partial charge is 0.137 e. The Morgan fingerprint density at radius 1 is 1.39 bits per heavy atom. The second-order valence-corrected chi connectivity index (χ2v) is 6.36. The van der Waals surface area contributed by atoms with E-state index in [2.05, 4.69) is 29.1 Å². The maximum absolute atomic E-state index is 6.15. The Morgan fingerprint density at radius 3 is 2.67 bits per heavy atom. The van der Waals surface area contributed by atoms with Crippen LogP contribution in [0.15, 0.2) is 0 Å². The average molecular weight is 268 g/mol. The lowest BCUT2D eigenvalue weighted by Gasteiger charge is -2.19. The van der Waals surface area contributed by atoms with Gasteiger partial charge < -0.3 is 5.32 Å². The molecule has 1 saturated carbocycles. The third-order valence-electron chi connectivity index (χ3n) is 3.76. The van der Waals surface area contributed by atoms with E-state index in [1.54, 1.807) is 0 Å². The molecule has 0 aliphatic heterocycles. The SMILES string of the molecule is CCc1nc(Cl)c(C)c(NC2CCC(C)(C)C2)n1. The van der Waals surface area contributed by atoms with Gasteiger partial charge in [-0.1, -0.05) is 32.4 Å². The minimum Gasteiger partial charge on any atom is -0.367 e. The van der Waals surface area contributed by atoms with E-state index < -0.39 is 0 Å². The number of halogens is 1. The molecule has 1 atom stereocenters. The molecule has 1 N–H and O–H groups in total. The van der Waals surface area contributed by atoms with Gasteiger partial charge in [0.2, 0.25) is 0 Å². The van der Waals surface area contributed by atoms with Crippen molar-refractivity contribution in [2.24, 2.45) is 5.41 Å². The predicted molar refractivity (Wildman–Crippen MR) is 76.2 cm³/mol. The molecular formula is C14H22ClN3. The normalized spacial score (nSPS) is 22.2. The van der Waals surface area contributed by atoms with Crippen LogP contribution in [0.2, 0.25) is 5.15 Å². The summed E-state index contributed by atoms with van der Waals surface area (Å²) in [6.07, 6.45) is 4.47. The van der Waals surface area contributed by atoms with Crippen molar-refractivity contribution < 1.29 is 0 Å². The van der Waals surface area contributed by atoms with E-state index in [9.17, 15) is 0 Å². The van der Waals surface area contributed by atoms with Crippen molar-refractivity contribution in [1.29, 1.82) is 0 Å². The summed E-state index contributed by atoms with van der Waals surface area (Å²) in [6, 6.07) is 0.509. The van der Waals surface area contributed by atoms with E-state index >= 15 is 0 Å². The van der Waals surface area contributed by atoms with Gasteiger partial charge in [-0.15, -0.1) is 0 Å². The van der Waals surface area contributed by atoms with Crippen LogP contribution < -0.4 is 5.32 Å². The Morgan fingerprint density at radius 2 is 2.11 bits per heavy atom. The van der Waals surface area contributed by atoms with Crippen molar-refractivity contribution in [1.82, 2.24) is 9.97 Å². The lowest BCUT2D eigenvalue weighted by molar-refractivity contribution is 0.378. The van der Waals surface area contributed by atoms with Gasteiger partial charge in [-0.25, -0.2) is 9.97 Å². The van der Waals surface area contributed by atoms with E-state index in [4.69, 9.17) is 11.6 Å². The standard InChI is InChI=1S/C14H22ClN3/c1-5-11-17-12(15)9(2)13(18-11)16-10-6-7-14(3,4)8-10/h10H,5-8H2,1-4H3,(H,16,17,18). The van der Waals surface area contributed by atoms with Gasteiger partial charge in [-0.05, 0) is 31.6 Å². The van der Waals surface area contributed by atoms with Gasteiger partial charge in [-0.3, -0.25) is 0 Å². The fourth-order valence-corrected chi connectivity index (χ4v) is 2.77. The Balaban J connectivity index is 2.16. The highest BCUT2D eigenvalue weighted by Crippen LogP contribution is 2.38. The molecule has 4 heteroatoms. The molecule has 1 fully saturated rings. The zero-order chi connectivity index (χ0) is 13.3. The molecule has 2 rings (SSSR count). The average Bonchev–Trinajstić information content (AvgIpc) is 2.64. The fraction of sp³-hybridized carbons (Fsp3) is 0.714. The third kappa shape index (κ3) is 2.94. The predicted octanol–water partition coefficient (Wildman–Crippen LogP) is 3.99. The van der Waals surface area contributed by atoms with E-state index in [1.165, 1.54) is 19.3 Å².